The van der Waals surface area contributed by atoms with Gasteiger partial charge in [-0.15, -0.1) is 0 Å². The van der Waals surface area contributed by atoms with Crippen LogP contribution in [0.15, 0.2) is 24.5 Å². The van der Waals surface area contributed by atoms with Crippen molar-refractivity contribution in [3.05, 3.63) is 30.1 Å². The lowest BCUT2D eigenvalue weighted by atomic mass is 10.0. The maximum Gasteiger partial charge on any atom is 0.317 e. The molecule has 1 unspecified atom stereocenters. The van der Waals surface area contributed by atoms with Crippen LogP contribution in [-0.2, 0) is 0 Å². The molecule has 22 heavy (non-hydrogen) atoms. The highest BCUT2D eigenvalue weighted by molar-refractivity contribution is 5.94. The first kappa shape index (κ1) is 16.3. The van der Waals surface area contributed by atoms with E-state index in [9.17, 15) is 9.59 Å². The fourth-order valence-electron chi connectivity index (χ4n) is 2.40. The third-order valence-corrected chi connectivity index (χ3v) is 4.04. The number of rotatable bonds is 4. The molecule has 0 aliphatic carbocycles. The molecule has 1 aliphatic rings. The number of nitrogens with zero attached hydrogens (tertiary/aromatic N) is 2. The molecule has 1 saturated heterocycles. The van der Waals surface area contributed by atoms with E-state index in [1.54, 1.807) is 24.5 Å². The van der Waals surface area contributed by atoms with Gasteiger partial charge >= 0.3 is 6.03 Å². The van der Waals surface area contributed by atoms with E-state index in [4.69, 9.17) is 0 Å². The van der Waals surface area contributed by atoms with Gasteiger partial charge in [-0.25, -0.2) is 4.79 Å². The van der Waals surface area contributed by atoms with Gasteiger partial charge in [0.25, 0.3) is 5.91 Å². The Morgan fingerprint density at radius 2 is 1.95 bits per heavy atom. The second kappa shape index (κ2) is 7.77. The van der Waals surface area contributed by atoms with Crippen LogP contribution in [0.5, 0.6) is 0 Å². The van der Waals surface area contributed by atoms with Crippen molar-refractivity contribution in [2.75, 3.05) is 13.1 Å². The Morgan fingerprint density at radius 1 is 1.32 bits per heavy atom. The summed E-state index contributed by atoms with van der Waals surface area (Å²) >= 11 is 0. The number of amides is 3. The Labute approximate surface area is 131 Å². The average Bonchev–Trinajstić information content (AvgIpc) is 2.56. The number of hydrogen-bond acceptors (Lipinski definition) is 3. The van der Waals surface area contributed by atoms with Gasteiger partial charge in [0.15, 0.2) is 0 Å². The molecule has 0 aromatic carbocycles. The normalized spacial score (nSPS) is 16.9. The second-order valence-electron chi connectivity index (χ2n) is 5.73. The Hall–Kier alpha value is -2.11. The summed E-state index contributed by atoms with van der Waals surface area (Å²) in [6.45, 7) is 5.39. The number of aromatic nitrogens is 1. The molecule has 120 valence electrons. The minimum absolute atomic E-state index is 0.00624. The summed E-state index contributed by atoms with van der Waals surface area (Å²) in [5, 5.41) is 5.99. The molecule has 2 rings (SSSR count). The van der Waals surface area contributed by atoms with Crippen molar-refractivity contribution in [1.82, 2.24) is 20.5 Å². The van der Waals surface area contributed by atoms with Crippen LogP contribution in [0.25, 0.3) is 0 Å². The lowest BCUT2D eigenvalue weighted by Crippen LogP contribution is -2.50. The lowest BCUT2D eigenvalue weighted by molar-refractivity contribution is 0.0917. The summed E-state index contributed by atoms with van der Waals surface area (Å²) in [5.74, 6) is -0.0788. The zero-order valence-electron chi connectivity index (χ0n) is 13.2. The number of hydrogen-bond donors (Lipinski definition) is 2. The minimum atomic E-state index is -0.0788. The van der Waals surface area contributed by atoms with Crippen molar-refractivity contribution < 1.29 is 9.59 Å². The number of urea groups is 1. The zero-order valence-corrected chi connectivity index (χ0v) is 13.2. The van der Waals surface area contributed by atoms with E-state index in [2.05, 4.69) is 15.6 Å². The summed E-state index contributed by atoms with van der Waals surface area (Å²) < 4.78 is 0. The van der Waals surface area contributed by atoms with Gasteiger partial charge in [0.1, 0.15) is 0 Å². The molecule has 2 heterocycles. The monoisotopic (exact) mass is 304 g/mol. The molecular formula is C16H24N4O2. The molecule has 1 fully saturated rings. The third-order valence-electron chi connectivity index (χ3n) is 4.04. The van der Waals surface area contributed by atoms with E-state index in [0.29, 0.717) is 18.7 Å². The number of piperidine rings is 1. The molecule has 0 spiro atoms. The Kier molecular flexibility index (Phi) is 5.75. The molecule has 1 aromatic rings. The Balaban J connectivity index is 1.78. The number of carbonyl (C=O) groups excluding carboxylic acids is 2. The molecule has 1 aliphatic heterocycles. The fourth-order valence-corrected chi connectivity index (χ4v) is 2.40. The highest BCUT2D eigenvalue weighted by Gasteiger charge is 2.24. The number of carbonyl (C=O) groups is 2. The van der Waals surface area contributed by atoms with Gasteiger partial charge in [-0.3, -0.25) is 9.78 Å². The molecule has 6 heteroatoms. The largest absolute Gasteiger partial charge is 0.349 e. The van der Waals surface area contributed by atoms with Crippen LogP contribution in [0.2, 0.25) is 0 Å². The molecule has 1 aromatic heterocycles. The van der Waals surface area contributed by atoms with Crippen LogP contribution in [0.4, 0.5) is 4.79 Å². The highest BCUT2D eigenvalue weighted by Crippen LogP contribution is 2.11. The van der Waals surface area contributed by atoms with Crippen LogP contribution in [0.3, 0.4) is 0 Å². The number of nitrogens with one attached hydrogen (secondary N) is 2. The highest BCUT2D eigenvalue weighted by atomic mass is 16.2. The van der Waals surface area contributed by atoms with Crippen LogP contribution < -0.4 is 10.6 Å². The first-order valence-corrected chi connectivity index (χ1v) is 7.86. The molecule has 0 saturated carbocycles. The summed E-state index contributed by atoms with van der Waals surface area (Å²) in [6, 6.07) is 3.70. The molecule has 3 amide bonds. The van der Waals surface area contributed by atoms with Crippen LogP contribution in [0.1, 0.15) is 43.5 Å². The minimum Gasteiger partial charge on any atom is -0.349 e. The summed E-state index contributed by atoms with van der Waals surface area (Å²) in [7, 11) is 0. The van der Waals surface area contributed by atoms with Crippen molar-refractivity contribution in [2.45, 2.75) is 45.2 Å². The third kappa shape index (κ3) is 4.44. The fraction of sp³-hybridized carbons (Fsp3) is 0.562. The molecule has 2 N–H and O–H groups in total. The van der Waals surface area contributed by atoms with Crippen molar-refractivity contribution in [2.24, 2.45) is 0 Å². The predicted molar refractivity (Wildman–Crippen MR) is 84.6 cm³/mol. The standard InChI is InChI=1S/C16H24N4O2/c1-3-12(2)18-16(22)20-10-6-14(7-11-20)19-15(21)13-4-8-17-9-5-13/h4-5,8-9,12,14H,3,6-7,10-11H2,1-2H3,(H,18,22)(H,19,21). The van der Waals surface area contributed by atoms with Gasteiger partial charge in [-0.05, 0) is 38.3 Å². The van der Waals surface area contributed by atoms with Crippen molar-refractivity contribution in [1.29, 1.82) is 0 Å². The van der Waals surface area contributed by atoms with Crippen molar-refractivity contribution in [3.63, 3.8) is 0 Å². The van der Waals surface area contributed by atoms with Crippen molar-refractivity contribution in [3.8, 4) is 0 Å². The van der Waals surface area contributed by atoms with E-state index in [1.807, 2.05) is 18.7 Å². The van der Waals surface area contributed by atoms with Gasteiger partial charge in [0.05, 0.1) is 0 Å². The summed E-state index contributed by atoms with van der Waals surface area (Å²) in [5.41, 5.74) is 0.618. The summed E-state index contributed by atoms with van der Waals surface area (Å²) in [6.07, 6.45) is 5.70. The first-order valence-electron chi connectivity index (χ1n) is 7.86. The predicted octanol–water partition coefficient (Wildman–Crippen LogP) is 1.78. The average molecular weight is 304 g/mol. The van der Waals surface area contributed by atoms with E-state index < -0.39 is 0 Å². The molecule has 0 radical (unpaired) electrons. The molecule has 0 bridgehead atoms. The van der Waals surface area contributed by atoms with E-state index in [0.717, 1.165) is 19.3 Å². The lowest BCUT2D eigenvalue weighted by Gasteiger charge is -2.33. The van der Waals surface area contributed by atoms with E-state index >= 15 is 0 Å². The number of likely N-dealkylation sites (tertiary alicyclic amines) is 1. The van der Waals surface area contributed by atoms with Gasteiger partial charge in [0.2, 0.25) is 0 Å². The molecular weight excluding hydrogens is 280 g/mol. The van der Waals surface area contributed by atoms with Crippen LogP contribution in [-0.4, -0.2) is 47.0 Å². The van der Waals surface area contributed by atoms with Gasteiger partial charge in [-0.2, -0.15) is 0 Å². The van der Waals surface area contributed by atoms with E-state index in [1.165, 1.54) is 0 Å². The maximum atomic E-state index is 12.1. The Bertz CT molecular complexity index is 498. The van der Waals surface area contributed by atoms with Gasteiger partial charge in [0, 0.05) is 43.1 Å². The quantitative estimate of drug-likeness (QED) is 0.890. The zero-order chi connectivity index (χ0) is 15.9. The van der Waals surface area contributed by atoms with Crippen LogP contribution in [0, 0.1) is 0 Å². The maximum absolute atomic E-state index is 12.1. The van der Waals surface area contributed by atoms with Gasteiger partial charge in [-0.1, -0.05) is 6.92 Å². The molecule has 1 atom stereocenters. The van der Waals surface area contributed by atoms with Crippen LogP contribution >= 0.6 is 0 Å². The van der Waals surface area contributed by atoms with Crippen molar-refractivity contribution >= 4 is 11.9 Å². The summed E-state index contributed by atoms with van der Waals surface area (Å²) in [4.78, 5) is 29.8. The van der Waals surface area contributed by atoms with E-state index in [-0.39, 0.29) is 24.0 Å². The topological polar surface area (TPSA) is 74.3 Å². The molecule has 6 nitrogen and oxygen atoms in total. The number of pyridine rings is 1. The second-order valence-corrected chi connectivity index (χ2v) is 5.73. The Morgan fingerprint density at radius 3 is 2.55 bits per heavy atom. The first-order chi connectivity index (χ1) is 10.6. The van der Waals surface area contributed by atoms with Gasteiger partial charge < -0.3 is 15.5 Å². The smallest absolute Gasteiger partial charge is 0.317 e. The SMILES string of the molecule is CCC(C)NC(=O)N1CCC(NC(=O)c2ccncc2)CC1.